The van der Waals surface area contributed by atoms with Gasteiger partial charge in [0.25, 0.3) is 0 Å². The number of aryl methyl sites for hydroxylation is 1. The van der Waals surface area contributed by atoms with Crippen LogP contribution in [0.3, 0.4) is 0 Å². The van der Waals surface area contributed by atoms with E-state index in [0.717, 1.165) is 42.3 Å². The Balaban J connectivity index is 1.71. The van der Waals surface area contributed by atoms with Crippen molar-refractivity contribution in [2.75, 3.05) is 25.5 Å². The van der Waals surface area contributed by atoms with Gasteiger partial charge in [-0.25, -0.2) is 14.4 Å². The summed E-state index contributed by atoms with van der Waals surface area (Å²) in [6.07, 6.45) is 2.25. The van der Waals surface area contributed by atoms with Crippen molar-refractivity contribution in [3.05, 3.63) is 59.0 Å². The van der Waals surface area contributed by atoms with Crippen LogP contribution < -0.4 is 5.32 Å². The Kier molecular flexibility index (Phi) is 5.18. The SMILES string of the molecule is Cc1csc(-c2cc(Nc3cccc(F)c3)nc(C3CCCN(C)C3)n2)c1. The average molecular weight is 383 g/mol. The Labute approximate surface area is 163 Å². The molecule has 0 spiro atoms. The first-order valence-corrected chi connectivity index (χ1v) is 10.1. The number of rotatable bonds is 4. The van der Waals surface area contributed by atoms with Crippen molar-refractivity contribution in [1.82, 2.24) is 14.9 Å². The summed E-state index contributed by atoms with van der Waals surface area (Å²) in [4.78, 5) is 13.1. The number of hydrogen-bond acceptors (Lipinski definition) is 5. The second-order valence-corrected chi connectivity index (χ2v) is 8.13. The van der Waals surface area contributed by atoms with E-state index in [1.165, 1.54) is 17.7 Å². The molecule has 1 fully saturated rings. The summed E-state index contributed by atoms with van der Waals surface area (Å²) in [6, 6.07) is 10.6. The van der Waals surface area contributed by atoms with Crippen LogP contribution in [0.5, 0.6) is 0 Å². The lowest BCUT2D eigenvalue weighted by atomic mass is 9.97. The third-order valence-electron chi connectivity index (χ3n) is 4.81. The first-order valence-electron chi connectivity index (χ1n) is 9.22. The number of likely N-dealkylation sites (tertiary alicyclic amines) is 1. The number of nitrogens with zero attached hydrogens (tertiary/aromatic N) is 3. The van der Waals surface area contributed by atoms with Gasteiger partial charge in [-0.15, -0.1) is 11.3 Å². The third kappa shape index (κ3) is 4.34. The summed E-state index contributed by atoms with van der Waals surface area (Å²) in [5.74, 6) is 1.62. The predicted molar refractivity (Wildman–Crippen MR) is 109 cm³/mol. The monoisotopic (exact) mass is 382 g/mol. The predicted octanol–water partition coefficient (Wildman–Crippen LogP) is 5.21. The highest BCUT2D eigenvalue weighted by molar-refractivity contribution is 7.13. The molecule has 1 saturated heterocycles. The molecule has 1 aliphatic heterocycles. The molecule has 6 heteroatoms. The van der Waals surface area contributed by atoms with Gasteiger partial charge in [0, 0.05) is 24.2 Å². The molecule has 0 aliphatic carbocycles. The maximum absolute atomic E-state index is 13.6. The minimum Gasteiger partial charge on any atom is -0.340 e. The first kappa shape index (κ1) is 18.1. The highest BCUT2D eigenvalue weighted by Crippen LogP contribution is 2.31. The Morgan fingerprint density at radius 1 is 1.22 bits per heavy atom. The van der Waals surface area contributed by atoms with Crippen molar-refractivity contribution in [2.45, 2.75) is 25.7 Å². The lowest BCUT2D eigenvalue weighted by Crippen LogP contribution is -2.31. The minimum atomic E-state index is -0.266. The van der Waals surface area contributed by atoms with Crippen LogP contribution in [-0.4, -0.2) is 35.0 Å². The van der Waals surface area contributed by atoms with Gasteiger partial charge in [-0.1, -0.05) is 6.07 Å². The van der Waals surface area contributed by atoms with Gasteiger partial charge in [-0.3, -0.25) is 0 Å². The lowest BCUT2D eigenvalue weighted by molar-refractivity contribution is 0.246. The summed E-state index contributed by atoms with van der Waals surface area (Å²) < 4.78 is 13.6. The number of benzene rings is 1. The number of nitrogens with one attached hydrogen (secondary N) is 1. The fourth-order valence-corrected chi connectivity index (χ4v) is 4.36. The zero-order chi connectivity index (χ0) is 18.8. The number of thiophene rings is 1. The molecule has 1 aromatic carbocycles. The van der Waals surface area contributed by atoms with Crippen LogP contribution in [-0.2, 0) is 0 Å². The fraction of sp³-hybridized carbons (Fsp3) is 0.333. The second kappa shape index (κ2) is 7.74. The van der Waals surface area contributed by atoms with Gasteiger partial charge in [0.2, 0.25) is 0 Å². The van der Waals surface area contributed by atoms with Crippen molar-refractivity contribution >= 4 is 22.8 Å². The molecule has 1 N–H and O–H groups in total. The summed E-state index contributed by atoms with van der Waals surface area (Å²) >= 11 is 1.69. The first-order chi connectivity index (χ1) is 13.1. The smallest absolute Gasteiger partial charge is 0.135 e. The van der Waals surface area contributed by atoms with E-state index in [9.17, 15) is 4.39 Å². The van der Waals surface area contributed by atoms with E-state index in [2.05, 4.69) is 35.6 Å². The van der Waals surface area contributed by atoms with E-state index in [4.69, 9.17) is 9.97 Å². The van der Waals surface area contributed by atoms with E-state index < -0.39 is 0 Å². The van der Waals surface area contributed by atoms with Crippen LogP contribution in [0.1, 0.15) is 30.1 Å². The van der Waals surface area contributed by atoms with Crippen molar-refractivity contribution in [3.63, 3.8) is 0 Å². The largest absolute Gasteiger partial charge is 0.340 e. The summed E-state index contributed by atoms with van der Waals surface area (Å²) in [5.41, 5.74) is 2.84. The maximum Gasteiger partial charge on any atom is 0.135 e. The number of anilines is 2. The highest BCUT2D eigenvalue weighted by Gasteiger charge is 2.23. The number of aromatic nitrogens is 2. The third-order valence-corrected chi connectivity index (χ3v) is 5.88. The topological polar surface area (TPSA) is 41.1 Å². The van der Waals surface area contributed by atoms with Crippen LogP contribution in [0.2, 0.25) is 0 Å². The molecule has 1 atom stereocenters. The quantitative estimate of drug-likeness (QED) is 0.673. The fourth-order valence-electron chi connectivity index (χ4n) is 3.50. The molecule has 0 amide bonds. The number of hydrogen-bond donors (Lipinski definition) is 1. The van der Waals surface area contributed by atoms with Crippen molar-refractivity contribution in [3.8, 4) is 10.6 Å². The van der Waals surface area contributed by atoms with E-state index in [-0.39, 0.29) is 5.82 Å². The molecule has 1 aliphatic rings. The second-order valence-electron chi connectivity index (χ2n) is 7.22. The van der Waals surface area contributed by atoms with Crippen molar-refractivity contribution in [1.29, 1.82) is 0 Å². The molecule has 27 heavy (non-hydrogen) atoms. The van der Waals surface area contributed by atoms with Gasteiger partial charge >= 0.3 is 0 Å². The minimum absolute atomic E-state index is 0.266. The molecule has 0 radical (unpaired) electrons. The van der Waals surface area contributed by atoms with E-state index in [1.54, 1.807) is 17.4 Å². The lowest BCUT2D eigenvalue weighted by Gasteiger charge is -2.29. The van der Waals surface area contributed by atoms with E-state index in [1.807, 2.05) is 12.1 Å². The molecule has 140 valence electrons. The molecule has 0 bridgehead atoms. The summed E-state index contributed by atoms with van der Waals surface area (Å²) in [7, 11) is 2.14. The van der Waals surface area contributed by atoms with Gasteiger partial charge in [-0.2, -0.15) is 0 Å². The Hall–Kier alpha value is -2.31. The molecule has 4 rings (SSSR count). The normalized spacial score (nSPS) is 17.8. The summed E-state index contributed by atoms with van der Waals surface area (Å²) in [6.45, 7) is 4.17. The molecule has 2 aromatic heterocycles. The van der Waals surface area contributed by atoms with E-state index >= 15 is 0 Å². The van der Waals surface area contributed by atoms with Gasteiger partial charge in [-0.05, 0) is 68.6 Å². The van der Waals surface area contributed by atoms with Crippen LogP contribution in [0, 0.1) is 12.7 Å². The van der Waals surface area contributed by atoms with Gasteiger partial charge in [0.05, 0.1) is 10.6 Å². The van der Waals surface area contributed by atoms with Gasteiger partial charge < -0.3 is 10.2 Å². The number of likely N-dealkylation sites (N-methyl/N-ethyl adjacent to an activating group) is 1. The Morgan fingerprint density at radius 3 is 2.85 bits per heavy atom. The zero-order valence-electron chi connectivity index (χ0n) is 15.6. The average Bonchev–Trinajstić information content (AvgIpc) is 3.08. The van der Waals surface area contributed by atoms with Crippen LogP contribution in [0.15, 0.2) is 41.8 Å². The zero-order valence-corrected chi connectivity index (χ0v) is 16.4. The molecule has 0 saturated carbocycles. The van der Waals surface area contributed by atoms with Crippen LogP contribution in [0.4, 0.5) is 15.9 Å². The maximum atomic E-state index is 13.6. The molecule has 4 nitrogen and oxygen atoms in total. The highest BCUT2D eigenvalue weighted by atomic mass is 32.1. The molecular weight excluding hydrogens is 359 g/mol. The van der Waals surface area contributed by atoms with Gasteiger partial charge in [0.15, 0.2) is 0 Å². The van der Waals surface area contributed by atoms with Crippen molar-refractivity contribution < 1.29 is 4.39 Å². The van der Waals surface area contributed by atoms with E-state index in [0.29, 0.717) is 17.4 Å². The molecule has 3 aromatic rings. The molecule has 3 heterocycles. The van der Waals surface area contributed by atoms with Crippen molar-refractivity contribution in [2.24, 2.45) is 0 Å². The van der Waals surface area contributed by atoms with Crippen LogP contribution >= 0.6 is 11.3 Å². The number of piperidine rings is 1. The Morgan fingerprint density at radius 2 is 2.11 bits per heavy atom. The van der Waals surface area contributed by atoms with Gasteiger partial charge in [0.1, 0.15) is 17.5 Å². The standard InChI is InChI=1S/C21H23FN4S/c1-14-9-19(27-13-14)18-11-20(23-17-7-3-6-16(22)10-17)25-21(24-18)15-5-4-8-26(2)12-15/h3,6-7,9-11,13,15H,4-5,8,12H2,1-2H3,(H,23,24,25). The van der Waals surface area contributed by atoms with Crippen LogP contribution in [0.25, 0.3) is 10.6 Å². The Bertz CT molecular complexity index is 939. The number of halogens is 1. The molecular formula is C21H23FN4S. The summed E-state index contributed by atoms with van der Waals surface area (Å²) in [5, 5.41) is 5.38. The molecule has 1 unspecified atom stereocenters.